The summed E-state index contributed by atoms with van der Waals surface area (Å²) >= 11 is 6.18. The first-order valence-corrected chi connectivity index (χ1v) is 12.0. The maximum absolute atomic E-state index is 13.8. The Bertz CT molecular complexity index is 1550. The predicted octanol–water partition coefficient (Wildman–Crippen LogP) is 4.44. The minimum absolute atomic E-state index is 0.0873. The minimum atomic E-state index is -2.92. The number of ether oxygens (including phenoxy) is 1. The molecule has 36 heavy (non-hydrogen) atoms. The van der Waals surface area contributed by atoms with E-state index < -0.39 is 18.2 Å². The van der Waals surface area contributed by atoms with Gasteiger partial charge in [0.2, 0.25) is 0 Å². The molecule has 2 aliphatic rings. The fourth-order valence-electron chi connectivity index (χ4n) is 4.92. The second kappa shape index (κ2) is 8.62. The molecule has 4 heterocycles. The highest BCUT2D eigenvalue weighted by atomic mass is 35.5. The molecule has 0 unspecified atom stereocenters. The smallest absolute Gasteiger partial charge is 0.283 e. The van der Waals surface area contributed by atoms with Gasteiger partial charge in [-0.2, -0.15) is 14.9 Å². The van der Waals surface area contributed by atoms with Gasteiger partial charge in [0.05, 0.1) is 29.5 Å². The first-order valence-electron chi connectivity index (χ1n) is 11.6. The summed E-state index contributed by atoms with van der Waals surface area (Å²) in [5, 5.41) is 25.1. The van der Waals surface area contributed by atoms with Crippen molar-refractivity contribution in [1.82, 2.24) is 19.6 Å². The number of fused-ring (bicyclic) bond motifs is 2. The molecule has 2 fully saturated rings. The molecule has 0 bridgehead atoms. The third kappa shape index (κ3) is 3.58. The van der Waals surface area contributed by atoms with Crippen LogP contribution in [0.3, 0.4) is 0 Å². The number of rotatable bonds is 5. The van der Waals surface area contributed by atoms with Gasteiger partial charge in [-0.25, -0.2) is 13.8 Å². The second-order valence-electron chi connectivity index (χ2n) is 9.17. The third-order valence-corrected chi connectivity index (χ3v) is 7.17. The number of nitrogens with zero attached hydrogens (tertiary/aromatic N) is 6. The molecule has 1 saturated heterocycles. The Labute approximate surface area is 209 Å². The van der Waals surface area contributed by atoms with E-state index in [1.807, 2.05) is 23.1 Å². The lowest BCUT2D eigenvalue weighted by atomic mass is 9.91. The highest BCUT2D eigenvalue weighted by Gasteiger charge is 2.39. The van der Waals surface area contributed by atoms with Crippen molar-refractivity contribution in [2.24, 2.45) is 0 Å². The molecule has 1 N–H and O–H groups in total. The van der Waals surface area contributed by atoms with Gasteiger partial charge in [0, 0.05) is 35.3 Å². The zero-order chi connectivity index (χ0) is 25.1. The molecular weight excluding hydrogens is 490 g/mol. The van der Waals surface area contributed by atoms with Crippen molar-refractivity contribution >= 4 is 34.0 Å². The van der Waals surface area contributed by atoms with Crippen LogP contribution in [0.25, 0.3) is 27.7 Å². The maximum Gasteiger partial charge on any atom is 0.283 e. The average Bonchev–Trinajstić information content (AvgIpc) is 3.19. The summed E-state index contributed by atoms with van der Waals surface area (Å²) in [5.74, 6) is 0.553. The van der Waals surface area contributed by atoms with Crippen LogP contribution in [-0.2, 0) is 4.74 Å². The van der Waals surface area contributed by atoms with Gasteiger partial charge < -0.3 is 14.7 Å². The summed E-state index contributed by atoms with van der Waals surface area (Å²) in [6.07, 6.45) is -0.452. The summed E-state index contributed by atoms with van der Waals surface area (Å²) in [4.78, 5) is 11.0. The average molecular weight is 511 g/mol. The van der Waals surface area contributed by atoms with Crippen LogP contribution in [0.2, 0.25) is 5.02 Å². The van der Waals surface area contributed by atoms with Gasteiger partial charge in [-0.05, 0) is 43.5 Å². The Kier molecular flexibility index (Phi) is 5.52. The molecule has 1 aliphatic heterocycles. The number of benzene rings is 1. The van der Waals surface area contributed by atoms with Gasteiger partial charge in [0.25, 0.3) is 6.43 Å². The Morgan fingerprint density at radius 2 is 2.06 bits per heavy atom. The normalized spacial score (nSPS) is 20.1. The standard InChI is InChI=1S/C25H21ClF2N6O2/c1-12-21(16-6-7-30-18-8-13(26)2-3-15(16)18)25(33-10-14(11-33)36-20-5-4-19(20)35)34-24(31-12)17(9-29)22(32-34)23(27)28/h2-3,6-8,14,19-20,23,35H,4-5,10-11H2,1H3/t19-,20-/m0/s1. The van der Waals surface area contributed by atoms with Crippen molar-refractivity contribution in [3.63, 3.8) is 0 Å². The summed E-state index contributed by atoms with van der Waals surface area (Å²) in [5.41, 5.74) is 2.00. The van der Waals surface area contributed by atoms with Crippen LogP contribution >= 0.6 is 11.6 Å². The Hall–Kier alpha value is -3.39. The topological polar surface area (TPSA) is 99.6 Å². The summed E-state index contributed by atoms with van der Waals surface area (Å²) < 4.78 is 35.0. The van der Waals surface area contributed by atoms with E-state index in [0.29, 0.717) is 40.7 Å². The molecule has 2 atom stereocenters. The number of hydrogen-bond donors (Lipinski definition) is 1. The van der Waals surface area contributed by atoms with Gasteiger partial charge >= 0.3 is 0 Å². The van der Waals surface area contributed by atoms with Crippen molar-refractivity contribution in [2.75, 3.05) is 18.0 Å². The second-order valence-corrected chi connectivity index (χ2v) is 9.61. The van der Waals surface area contributed by atoms with Crippen molar-refractivity contribution in [3.05, 3.63) is 52.4 Å². The molecule has 3 aromatic heterocycles. The summed E-state index contributed by atoms with van der Waals surface area (Å²) in [6, 6.07) is 9.09. The molecule has 8 nitrogen and oxygen atoms in total. The van der Waals surface area contributed by atoms with Gasteiger partial charge in [-0.1, -0.05) is 17.7 Å². The van der Waals surface area contributed by atoms with E-state index >= 15 is 0 Å². The number of hydrogen-bond acceptors (Lipinski definition) is 7. The van der Waals surface area contributed by atoms with Crippen molar-refractivity contribution in [2.45, 2.75) is 44.5 Å². The van der Waals surface area contributed by atoms with Crippen LogP contribution in [0, 0.1) is 18.3 Å². The van der Waals surface area contributed by atoms with E-state index in [1.54, 1.807) is 25.3 Å². The lowest BCUT2D eigenvalue weighted by Crippen LogP contribution is -2.56. The van der Waals surface area contributed by atoms with Crippen LogP contribution in [0.4, 0.5) is 14.6 Å². The fourth-order valence-corrected chi connectivity index (χ4v) is 5.09. The van der Waals surface area contributed by atoms with Gasteiger partial charge in [0.15, 0.2) is 5.65 Å². The van der Waals surface area contributed by atoms with E-state index in [0.717, 1.165) is 23.8 Å². The number of aliphatic hydroxyl groups excluding tert-OH is 1. The van der Waals surface area contributed by atoms with E-state index in [4.69, 9.17) is 16.3 Å². The Morgan fingerprint density at radius 3 is 2.72 bits per heavy atom. The maximum atomic E-state index is 13.8. The molecule has 1 saturated carbocycles. The SMILES string of the molecule is Cc1nc2c(C#N)c(C(F)F)nn2c(N2CC(O[C@H]3CC[C@@H]3O)C2)c1-c1ccnc2cc(Cl)ccc12. The highest BCUT2D eigenvalue weighted by molar-refractivity contribution is 6.31. The molecule has 1 aromatic carbocycles. The Morgan fingerprint density at radius 1 is 1.25 bits per heavy atom. The summed E-state index contributed by atoms with van der Waals surface area (Å²) in [7, 11) is 0. The van der Waals surface area contributed by atoms with Crippen molar-refractivity contribution < 1.29 is 18.6 Å². The molecule has 4 aromatic rings. The van der Waals surface area contributed by atoms with Gasteiger partial charge in [-0.3, -0.25) is 4.98 Å². The van der Waals surface area contributed by atoms with Crippen LogP contribution in [0.1, 0.15) is 36.2 Å². The molecule has 11 heteroatoms. The largest absolute Gasteiger partial charge is 0.390 e. The van der Waals surface area contributed by atoms with Gasteiger partial charge in [-0.15, -0.1) is 0 Å². The number of aryl methyl sites for hydroxylation is 1. The predicted molar refractivity (Wildman–Crippen MR) is 129 cm³/mol. The zero-order valence-electron chi connectivity index (χ0n) is 19.2. The number of halogens is 3. The minimum Gasteiger partial charge on any atom is -0.390 e. The number of aliphatic hydroxyl groups is 1. The number of nitriles is 1. The number of pyridine rings is 1. The molecule has 0 radical (unpaired) electrons. The van der Waals surface area contributed by atoms with E-state index in [-0.39, 0.29) is 23.4 Å². The fraction of sp³-hybridized carbons (Fsp3) is 0.360. The van der Waals surface area contributed by atoms with Crippen molar-refractivity contribution in [3.8, 4) is 17.2 Å². The van der Waals surface area contributed by atoms with E-state index in [2.05, 4.69) is 15.1 Å². The quantitative estimate of drug-likeness (QED) is 0.423. The summed E-state index contributed by atoms with van der Waals surface area (Å²) in [6.45, 7) is 2.75. The molecule has 1 aliphatic carbocycles. The van der Waals surface area contributed by atoms with Crippen molar-refractivity contribution in [1.29, 1.82) is 5.26 Å². The molecule has 184 valence electrons. The zero-order valence-corrected chi connectivity index (χ0v) is 20.0. The first-order chi connectivity index (χ1) is 17.4. The lowest BCUT2D eigenvalue weighted by molar-refractivity contribution is -0.132. The van der Waals surface area contributed by atoms with Crippen LogP contribution in [0.5, 0.6) is 0 Å². The molecule has 0 amide bonds. The van der Waals surface area contributed by atoms with E-state index in [9.17, 15) is 19.1 Å². The lowest BCUT2D eigenvalue weighted by Gasteiger charge is -2.45. The molecule has 0 spiro atoms. The first kappa shape index (κ1) is 23.0. The number of alkyl halides is 2. The third-order valence-electron chi connectivity index (χ3n) is 6.93. The molecular formula is C25H21ClF2N6O2. The van der Waals surface area contributed by atoms with Crippen LogP contribution in [-0.4, -0.2) is 56.1 Å². The van der Waals surface area contributed by atoms with Crippen LogP contribution in [0.15, 0.2) is 30.5 Å². The monoisotopic (exact) mass is 510 g/mol. The number of aromatic nitrogens is 4. The van der Waals surface area contributed by atoms with E-state index in [1.165, 1.54) is 4.52 Å². The molecule has 6 rings (SSSR count). The van der Waals surface area contributed by atoms with Crippen LogP contribution < -0.4 is 4.90 Å². The highest BCUT2D eigenvalue weighted by Crippen LogP contribution is 2.41. The number of anilines is 1. The Balaban J connectivity index is 1.54. The van der Waals surface area contributed by atoms with Gasteiger partial charge in [0.1, 0.15) is 23.1 Å².